The number of nitrogens with zero attached hydrogens (tertiary/aromatic N) is 1. The van der Waals surface area contributed by atoms with Crippen molar-refractivity contribution in [1.82, 2.24) is 0 Å². The zero-order chi connectivity index (χ0) is 19.3. The molecule has 1 saturated heterocycles. The van der Waals surface area contributed by atoms with Crippen LogP contribution in [-0.2, 0) is 9.53 Å². The average molecular weight is 382 g/mol. The monoisotopic (exact) mass is 381 g/mol. The van der Waals surface area contributed by atoms with Crippen molar-refractivity contribution in [2.75, 3.05) is 0 Å². The lowest BCUT2D eigenvalue weighted by atomic mass is 9.47. The average Bonchev–Trinajstić information content (AvgIpc) is 3.35. The summed E-state index contributed by atoms with van der Waals surface area (Å²) in [6, 6.07) is 0. The Morgan fingerprint density at radius 1 is 1.25 bits per heavy atom. The standard InChI is InChI=1S/C24H31NO3/c1-3-23-8-6-16-15-5-4-14(25-27)11-17(15)13(2)10-18(16)22(23)19-12-20(19)24(23)9-7-21(26)28-24/h11,15-16,18-20,22,27H,2-10,12H2,1H3/b25-14+/t15-,16?,18?,19?,20?,22?,23+,24+/m1/s1. The Hall–Kier alpha value is -1.58. The molecule has 5 aliphatic carbocycles. The van der Waals surface area contributed by atoms with E-state index in [9.17, 15) is 10.0 Å². The van der Waals surface area contributed by atoms with Gasteiger partial charge in [0.25, 0.3) is 0 Å². The van der Waals surface area contributed by atoms with Crippen LogP contribution in [0.3, 0.4) is 0 Å². The van der Waals surface area contributed by atoms with E-state index in [1.165, 1.54) is 30.4 Å². The first-order chi connectivity index (χ1) is 13.5. The van der Waals surface area contributed by atoms with Crippen LogP contribution in [0.15, 0.2) is 29.0 Å². The molecule has 0 bridgehead atoms. The molecular weight excluding hydrogens is 350 g/mol. The summed E-state index contributed by atoms with van der Waals surface area (Å²) < 4.78 is 6.25. The minimum absolute atomic E-state index is 0.0441. The van der Waals surface area contributed by atoms with E-state index in [1.54, 1.807) is 0 Å². The summed E-state index contributed by atoms with van der Waals surface area (Å²) in [6.07, 6.45) is 11.6. The summed E-state index contributed by atoms with van der Waals surface area (Å²) in [4.78, 5) is 12.2. The molecule has 4 saturated carbocycles. The quantitative estimate of drug-likeness (QED) is 0.400. The zero-order valence-corrected chi connectivity index (χ0v) is 16.8. The smallest absolute Gasteiger partial charge is 0.306 e. The van der Waals surface area contributed by atoms with Crippen molar-refractivity contribution >= 4 is 11.7 Å². The van der Waals surface area contributed by atoms with E-state index in [0.29, 0.717) is 30.1 Å². The fraction of sp³-hybridized carbons (Fsp3) is 0.750. The van der Waals surface area contributed by atoms with Gasteiger partial charge in [-0.25, -0.2) is 0 Å². The Bertz CT molecular complexity index is 828. The molecule has 0 aromatic rings. The van der Waals surface area contributed by atoms with Crippen molar-refractivity contribution in [2.24, 2.45) is 46.1 Å². The van der Waals surface area contributed by atoms with Crippen molar-refractivity contribution in [1.29, 1.82) is 0 Å². The number of hydrogen-bond donors (Lipinski definition) is 1. The van der Waals surface area contributed by atoms with E-state index in [2.05, 4.69) is 24.7 Å². The number of carbonyl (C=O) groups excluding carboxylic acids is 1. The van der Waals surface area contributed by atoms with Crippen LogP contribution >= 0.6 is 0 Å². The molecule has 1 heterocycles. The molecule has 5 unspecified atom stereocenters. The summed E-state index contributed by atoms with van der Waals surface area (Å²) in [5, 5.41) is 12.7. The highest BCUT2D eigenvalue weighted by Crippen LogP contribution is 2.79. The van der Waals surface area contributed by atoms with Gasteiger partial charge in [-0.2, -0.15) is 0 Å². The van der Waals surface area contributed by atoms with Crippen LogP contribution in [0.5, 0.6) is 0 Å². The predicted octanol–water partition coefficient (Wildman–Crippen LogP) is 4.88. The zero-order valence-electron chi connectivity index (χ0n) is 16.8. The Morgan fingerprint density at radius 3 is 2.82 bits per heavy atom. The van der Waals surface area contributed by atoms with Gasteiger partial charge in [-0.1, -0.05) is 24.2 Å². The molecule has 1 spiro atoms. The molecule has 8 atom stereocenters. The van der Waals surface area contributed by atoms with Crippen LogP contribution in [-0.4, -0.2) is 22.5 Å². The molecular formula is C24H31NO3. The van der Waals surface area contributed by atoms with E-state index in [-0.39, 0.29) is 17.0 Å². The Labute approximate surface area is 167 Å². The van der Waals surface area contributed by atoms with Gasteiger partial charge in [0.1, 0.15) is 5.60 Å². The molecule has 5 fully saturated rings. The van der Waals surface area contributed by atoms with E-state index in [1.807, 2.05) is 0 Å². The molecule has 28 heavy (non-hydrogen) atoms. The molecule has 150 valence electrons. The predicted molar refractivity (Wildman–Crippen MR) is 106 cm³/mol. The number of ether oxygens (including phenoxy) is 1. The Balaban J connectivity index is 1.40. The molecule has 6 rings (SSSR count). The maximum atomic E-state index is 12.2. The number of allylic oxidation sites excluding steroid dienone is 3. The largest absolute Gasteiger partial charge is 0.458 e. The van der Waals surface area contributed by atoms with Crippen molar-refractivity contribution in [3.63, 3.8) is 0 Å². The van der Waals surface area contributed by atoms with Crippen LogP contribution in [0.4, 0.5) is 0 Å². The summed E-state index contributed by atoms with van der Waals surface area (Å²) in [6.45, 7) is 6.82. The molecule has 1 N–H and O–H groups in total. The fourth-order valence-electron chi connectivity index (χ4n) is 9.02. The lowest BCUT2D eigenvalue weighted by Crippen LogP contribution is -2.56. The second-order valence-electron chi connectivity index (χ2n) is 10.4. The molecule has 0 radical (unpaired) electrons. The van der Waals surface area contributed by atoms with E-state index in [0.717, 1.165) is 49.7 Å². The van der Waals surface area contributed by atoms with Crippen LogP contribution in [0.1, 0.15) is 64.7 Å². The van der Waals surface area contributed by atoms with Gasteiger partial charge in [0.05, 0.1) is 5.71 Å². The summed E-state index contributed by atoms with van der Waals surface area (Å²) >= 11 is 0. The molecule has 0 amide bonds. The normalized spacial score (nSPS) is 52.6. The maximum Gasteiger partial charge on any atom is 0.306 e. The highest BCUT2D eigenvalue weighted by Gasteiger charge is 2.79. The lowest BCUT2D eigenvalue weighted by molar-refractivity contribution is -0.178. The number of carbonyl (C=O) groups is 1. The first kappa shape index (κ1) is 17.3. The summed E-state index contributed by atoms with van der Waals surface area (Å²) in [5.41, 5.74) is 3.48. The van der Waals surface area contributed by atoms with Gasteiger partial charge in [0.15, 0.2) is 0 Å². The van der Waals surface area contributed by atoms with Crippen LogP contribution in [0, 0.1) is 40.9 Å². The number of fused-ring (bicyclic) bond motifs is 9. The molecule has 0 aromatic heterocycles. The van der Waals surface area contributed by atoms with E-state index >= 15 is 0 Å². The van der Waals surface area contributed by atoms with Gasteiger partial charge < -0.3 is 9.94 Å². The summed E-state index contributed by atoms with van der Waals surface area (Å²) in [5.74, 6) is 4.09. The summed E-state index contributed by atoms with van der Waals surface area (Å²) in [7, 11) is 0. The van der Waals surface area contributed by atoms with Gasteiger partial charge in [-0.15, -0.1) is 0 Å². The van der Waals surface area contributed by atoms with Crippen molar-refractivity contribution < 1.29 is 14.7 Å². The van der Waals surface area contributed by atoms with Gasteiger partial charge in [-0.3, -0.25) is 4.79 Å². The molecule has 1 aliphatic heterocycles. The second kappa shape index (κ2) is 5.52. The van der Waals surface area contributed by atoms with Crippen molar-refractivity contribution in [3.8, 4) is 0 Å². The topological polar surface area (TPSA) is 58.9 Å². The first-order valence-corrected chi connectivity index (χ1v) is 11.4. The van der Waals surface area contributed by atoms with Gasteiger partial charge in [-0.05, 0) is 92.6 Å². The fourth-order valence-corrected chi connectivity index (χ4v) is 9.02. The Morgan fingerprint density at radius 2 is 2.11 bits per heavy atom. The Kier molecular flexibility index (Phi) is 3.41. The third kappa shape index (κ3) is 1.88. The SMILES string of the molecule is C=C1CC2C(CC[C@@]3(CC)C2C2CC2[C@@]32CCC(=O)O2)[C@H]2CC/C(=N\O)C=C12. The highest BCUT2D eigenvalue weighted by molar-refractivity contribution is 5.96. The molecule has 4 heteroatoms. The van der Waals surface area contributed by atoms with E-state index < -0.39 is 0 Å². The van der Waals surface area contributed by atoms with Crippen molar-refractivity contribution in [3.05, 3.63) is 23.8 Å². The third-order valence-corrected chi connectivity index (χ3v) is 9.91. The number of oxime groups is 1. The number of rotatable bonds is 1. The van der Waals surface area contributed by atoms with Gasteiger partial charge in [0.2, 0.25) is 0 Å². The van der Waals surface area contributed by atoms with E-state index in [4.69, 9.17) is 4.74 Å². The van der Waals surface area contributed by atoms with Crippen LogP contribution in [0.25, 0.3) is 0 Å². The van der Waals surface area contributed by atoms with Crippen LogP contribution < -0.4 is 0 Å². The van der Waals surface area contributed by atoms with Gasteiger partial charge >= 0.3 is 5.97 Å². The molecule has 6 aliphatic rings. The minimum atomic E-state index is -0.153. The maximum absolute atomic E-state index is 12.2. The molecule has 4 nitrogen and oxygen atoms in total. The third-order valence-electron chi connectivity index (χ3n) is 9.91. The van der Waals surface area contributed by atoms with Gasteiger partial charge in [0, 0.05) is 17.8 Å². The minimum Gasteiger partial charge on any atom is -0.458 e. The number of esters is 1. The van der Waals surface area contributed by atoms with Crippen LogP contribution in [0.2, 0.25) is 0 Å². The first-order valence-electron chi connectivity index (χ1n) is 11.4. The second-order valence-corrected chi connectivity index (χ2v) is 10.4. The molecule has 0 aromatic carbocycles. The highest BCUT2D eigenvalue weighted by atomic mass is 16.6. The lowest BCUT2D eigenvalue weighted by Gasteiger charge is -2.58. The number of hydrogen-bond acceptors (Lipinski definition) is 4. The van der Waals surface area contributed by atoms with Crippen molar-refractivity contribution in [2.45, 2.75) is 70.3 Å².